The van der Waals surface area contributed by atoms with Crippen molar-refractivity contribution in [2.45, 2.75) is 13.8 Å². The number of carbonyl (C=O) groups excluding carboxylic acids is 2. The number of rotatable bonds is 5. The summed E-state index contributed by atoms with van der Waals surface area (Å²) in [5.74, 6) is -0.117. The van der Waals surface area contributed by atoms with Crippen molar-refractivity contribution in [2.24, 2.45) is 0 Å². The molecule has 7 heteroatoms. The van der Waals surface area contributed by atoms with Gasteiger partial charge < -0.3 is 9.15 Å². The lowest BCUT2D eigenvalue weighted by molar-refractivity contribution is -0.118. The first kappa shape index (κ1) is 16.6. The Balaban J connectivity index is 2.06. The highest BCUT2D eigenvalue weighted by molar-refractivity contribution is 6.30. The molecule has 0 radical (unpaired) electrons. The van der Waals surface area contributed by atoms with Gasteiger partial charge in [0.25, 0.3) is 5.91 Å². The standard InChI is InChI=1S/C16H13ClN2O4/c1-9(20)15-10(2)23-16(13(15)7-18)19-14(21)8-22-12-5-3-11(17)4-6-12/h3-6H,8H2,1-2H3,(H,19,21). The molecular formula is C16H13ClN2O4. The van der Waals surface area contributed by atoms with E-state index in [1.165, 1.54) is 6.92 Å². The third-order valence-electron chi connectivity index (χ3n) is 2.98. The Morgan fingerprint density at radius 3 is 2.57 bits per heavy atom. The second kappa shape index (κ2) is 6.99. The Labute approximate surface area is 137 Å². The van der Waals surface area contributed by atoms with Crippen LogP contribution in [0.5, 0.6) is 5.75 Å². The van der Waals surface area contributed by atoms with E-state index in [0.717, 1.165) is 0 Å². The molecule has 0 atom stereocenters. The van der Waals surface area contributed by atoms with Gasteiger partial charge in [0.2, 0.25) is 5.88 Å². The maximum atomic E-state index is 11.9. The highest BCUT2D eigenvalue weighted by Crippen LogP contribution is 2.26. The molecule has 0 aliphatic carbocycles. The van der Waals surface area contributed by atoms with Crippen LogP contribution in [-0.4, -0.2) is 18.3 Å². The largest absolute Gasteiger partial charge is 0.484 e. The summed E-state index contributed by atoms with van der Waals surface area (Å²) in [7, 11) is 0. The fourth-order valence-corrected chi connectivity index (χ4v) is 2.13. The summed E-state index contributed by atoms with van der Waals surface area (Å²) < 4.78 is 10.6. The highest BCUT2D eigenvalue weighted by Gasteiger charge is 2.22. The topological polar surface area (TPSA) is 92.3 Å². The van der Waals surface area contributed by atoms with Crippen molar-refractivity contribution in [3.63, 3.8) is 0 Å². The number of Topliss-reactive ketones (excluding diaryl/α,β-unsaturated/α-hetero) is 1. The molecule has 0 saturated heterocycles. The summed E-state index contributed by atoms with van der Waals surface area (Å²) in [5, 5.41) is 12.1. The van der Waals surface area contributed by atoms with Crippen molar-refractivity contribution in [1.82, 2.24) is 0 Å². The molecule has 2 aromatic rings. The normalized spacial score (nSPS) is 10.0. The minimum absolute atomic E-state index is 0.00911. The molecule has 6 nitrogen and oxygen atoms in total. The first-order chi connectivity index (χ1) is 10.9. The second-order valence-electron chi connectivity index (χ2n) is 4.70. The van der Waals surface area contributed by atoms with Gasteiger partial charge in [0.05, 0.1) is 5.56 Å². The van der Waals surface area contributed by atoms with Crippen LogP contribution < -0.4 is 10.1 Å². The summed E-state index contributed by atoms with van der Waals surface area (Å²) in [6.45, 7) is 2.60. The Bertz CT molecular complexity index is 788. The number of nitriles is 1. The van der Waals surface area contributed by atoms with Gasteiger partial charge in [0.15, 0.2) is 12.4 Å². The number of ether oxygens (including phenoxy) is 1. The molecule has 0 spiro atoms. The number of carbonyl (C=O) groups is 2. The van der Waals surface area contributed by atoms with Gasteiger partial charge in [0, 0.05) is 5.02 Å². The van der Waals surface area contributed by atoms with E-state index in [0.29, 0.717) is 10.8 Å². The smallest absolute Gasteiger partial charge is 0.264 e. The Morgan fingerprint density at radius 2 is 2.00 bits per heavy atom. The molecule has 1 N–H and O–H groups in total. The third-order valence-corrected chi connectivity index (χ3v) is 3.24. The van der Waals surface area contributed by atoms with E-state index in [9.17, 15) is 9.59 Å². The zero-order valence-corrected chi connectivity index (χ0v) is 13.2. The summed E-state index contributed by atoms with van der Waals surface area (Å²) in [6, 6.07) is 8.39. The number of halogens is 1. The van der Waals surface area contributed by atoms with Gasteiger partial charge in [-0.2, -0.15) is 5.26 Å². The monoisotopic (exact) mass is 332 g/mol. The molecule has 23 heavy (non-hydrogen) atoms. The van der Waals surface area contributed by atoms with Crippen LogP contribution in [0.1, 0.15) is 28.6 Å². The fraction of sp³-hybridized carbons (Fsp3) is 0.188. The summed E-state index contributed by atoms with van der Waals surface area (Å²) in [4.78, 5) is 23.4. The average molecular weight is 333 g/mol. The molecule has 118 valence electrons. The Morgan fingerprint density at radius 1 is 1.35 bits per heavy atom. The van der Waals surface area contributed by atoms with Gasteiger partial charge in [-0.1, -0.05) is 11.6 Å². The molecule has 0 aliphatic heterocycles. The first-order valence-corrected chi connectivity index (χ1v) is 7.02. The number of hydrogen-bond acceptors (Lipinski definition) is 5. The van der Waals surface area contributed by atoms with Crippen LogP contribution in [0.15, 0.2) is 28.7 Å². The molecule has 0 aliphatic rings. The zero-order chi connectivity index (χ0) is 17.0. The Kier molecular flexibility index (Phi) is 5.04. The lowest BCUT2D eigenvalue weighted by atomic mass is 10.1. The molecule has 2 rings (SSSR count). The lowest BCUT2D eigenvalue weighted by Crippen LogP contribution is -2.20. The number of benzene rings is 1. The third kappa shape index (κ3) is 3.90. The molecule has 1 amide bonds. The molecule has 0 unspecified atom stereocenters. The van der Waals surface area contributed by atoms with Gasteiger partial charge in [-0.3, -0.25) is 14.9 Å². The second-order valence-corrected chi connectivity index (χ2v) is 5.13. The van der Waals surface area contributed by atoms with Crippen LogP contribution in [0.4, 0.5) is 5.88 Å². The minimum Gasteiger partial charge on any atom is -0.484 e. The van der Waals surface area contributed by atoms with Crippen LogP contribution >= 0.6 is 11.6 Å². The maximum absolute atomic E-state index is 11.9. The van der Waals surface area contributed by atoms with Gasteiger partial charge in [-0.05, 0) is 38.1 Å². The van der Waals surface area contributed by atoms with E-state index in [-0.39, 0.29) is 35.2 Å². The quantitative estimate of drug-likeness (QED) is 0.848. The van der Waals surface area contributed by atoms with Crippen molar-refractivity contribution in [1.29, 1.82) is 5.26 Å². The molecular weight excluding hydrogens is 320 g/mol. The first-order valence-electron chi connectivity index (χ1n) is 6.65. The summed E-state index contributed by atoms with van der Waals surface area (Å²) in [5.41, 5.74) is 0.177. The van der Waals surface area contributed by atoms with Gasteiger partial charge in [-0.15, -0.1) is 0 Å². The number of aryl methyl sites for hydroxylation is 1. The van der Waals surface area contributed by atoms with Crippen molar-refractivity contribution in [2.75, 3.05) is 11.9 Å². The summed E-state index contributed by atoms with van der Waals surface area (Å²) >= 11 is 5.75. The molecule has 1 aromatic carbocycles. The van der Waals surface area contributed by atoms with Crippen molar-refractivity contribution >= 4 is 29.2 Å². The number of nitrogens with zero attached hydrogens (tertiary/aromatic N) is 1. The van der Waals surface area contributed by atoms with Crippen LogP contribution in [0.3, 0.4) is 0 Å². The minimum atomic E-state index is -0.514. The number of furan rings is 1. The van der Waals surface area contributed by atoms with Crippen molar-refractivity contribution in [3.05, 3.63) is 46.2 Å². The van der Waals surface area contributed by atoms with Crippen LogP contribution in [0.25, 0.3) is 0 Å². The SMILES string of the molecule is CC(=O)c1c(C)oc(NC(=O)COc2ccc(Cl)cc2)c1C#N. The zero-order valence-electron chi connectivity index (χ0n) is 12.5. The molecule has 0 saturated carbocycles. The Hall–Kier alpha value is -2.78. The number of hydrogen-bond donors (Lipinski definition) is 1. The average Bonchev–Trinajstić information content (AvgIpc) is 2.82. The van der Waals surface area contributed by atoms with E-state index >= 15 is 0 Å². The number of nitrogens with one attached hydrogen (secondary N) is 1. The number of ketones is 1. The van der Waals surface area contributed by atoms with E-state index in [1.54, 1.807) is 31.2 Å². The predicted molar refractivity (Wildman–Crippen MR) is 83.7 cm³/mol. The van der Waals surface area contributed by atoms with Gasteiger partial charge in [0.1, 0.15) is 23.1 Å². The fourth-order valence-electron chi connectivity index (χ4n) is 2.01. The van der Waals surface area contributed by atoms with Crippen molar-refractivity contribution in [3.8, 4) is 11.8 Å². The predicted octanol–water partition coefficient (Wildman–Crippen LogP) is 3.33. The van der Waals surface area contributed by atoms with E-state index in [1.807, 2.05) is 6.07 Å². The highest BCUT2D eigenvalue weighted by atomic mass is 35.5. The van der Waals surface area contributed by atoms with Gasteiger partial charge in [-0.25, -0.2) is 0 Å². The molecule has 0 bridgehead atoms. The van der Waals surface area contributed by atoms with E-state index in [2.05, 4.69) is 5.32 Å². The van der Waals surface area contributed by atoms with Gasteiger partial charge >= 0.3 is 0 Å². The molecule has 0 fully saturated rings. The molecule has 1 heterocycles. The van der Waals surface area contributed by atoms with Crippen LogP contribution in [0, 0.1) is 18.3 Å². The van der Waals surface area contributed by atoms with E-state index < -0.39 is 5.91 Å². The van der Waals surface area contributed by atoms with E-state index in [4.69, 9.17) is 26.0 Å². The van der Waals surface area contributed by atoms with Crippen molar-refractivity contribution < 1.29 is 18.7 Å². The maximum Gasteiger partial charge on any atom is 0.264 e. The molecule has 1 aromatic heterocycles. The van der Waals surface area contributed by atoms with Crippen LogP contribution in [-0.2, 0) is 4.79 Å². The van der Waals surface area contributed by atoms with Crippen LogP contribution in [0.2, 0.25) is 5.02 Å². The number of anilines is 1. The summed E-state index contributed by atoms with van der Waals surface area (Å²) in [6.07, 6.45) is 0. The lowest BCUT2D eigenvalue weighted by Gasteiger charge is -2.06. The number of amides is 1.